The van der Waals surface area contributed by atoms with Crippen molar-refractivity contribution in [3.8, 4) is 0 Å². The predicted octanol–water partition coefficient (Wildman–Crippen LogP) is 0.188. The van der Waals surface area contributed by atoms with Crippen LogP contribution >= 0.6 is 11.6 Å². The molecule has 1 aromatic heterocycles. The van der Waals surface area contributed by atoms with Gasteiger partial charge in [-0.3, -0.25) is 14.3 Å². The van der Waals surface area contributed by atoms with E-state index in [1.165, 1.54) is 10.8 Å². The second kappa shape index (κ2) is 5.14. The molecule has 84 valence electrons. The lowest BCUT2D eigenvalue weighted by Crippen LogP contribution is -2.34. The van der Waals surface area contributed by atoms with E-state index in [4.69, 9.17) is 11.6 Å². The van der Waals surface area contributed by atoms with Crippen molar-refractivity contribution in [3.63, 3.8) is 0 Å². The summed E-state index contributed by atoms with van der Waals surface area (Å²) in [7, 11) is 0. The third-order valence-electron chi connectivity index (χ3n) is 1.87. The third-order valence-corrected chi connectivity index (χ3v) is 2.14. The number of H-pyrrole nitrogens is 1. The molecule has 0 bridgehead atoms. The molecule has 1 aromatic rings. The average Bonchev–Trinajstić information content (AvgIpc) is 2.13. The molecule has 0 aliphatic rings. The van der Waals surface area contributed by atoms with Crippen LogP contribution in [0.3, 0.4) is 0 Å². The normalized spacial score (nSPS) is 10.9. The molecule has 1 rings (SSSR count). The van der Waals surface area contributed by atoms with Crippen LogP contribution in [0.5, 0.6) is 0 Å². The standard InChI is InChI=1S/C9H14ClN3O2/c1-6(2)11-3-4-13-5-7(10)8(14)12-9(13)15/h5-6,11H,3-4H2,1-2H3,(H,12,14,15). The summed E-state index contributed by atoms with van der Waals surface area (Å²) in [4.78, 5) is 24.4. The minimum absolute atomic E-state index is 0.0270. The van der Waals surface area contributed by atoms with E-state index in [1.807, 2.05) is 13.8 Å². The van der Waals surface area contributed by atoms with E-state index in [2.05, 4.69) is 10.3 Å². The van der Waals surface area contributed by atoms with Crippen molar-refractivity contribution in [2.24, 2.45) is 0 Å². The smallest absolute Gasteiger partial charge is 0.313 e. The highest BCUT2D eigenvalue weighted by molar-refractivity contribution is 6.30. The summed E-state index contributed by atoms with van der Waals surface area (Å²) >= 11 is 5.60. The quantitative estimate of drug-likeness (QED) is 0.778. The summed E-state index contributed by atoms with van der Waals surface area (Å²) in [6, 6.07) is 0.360. The van der Waals surface area contributed by atoms with Gasteiger partial charge in [0, 0.05) is 25.3 Å². The first-order chi connectivity index (χ1) is 7.00. The SMILES string of the molecule is CC(C)NCCn1cc(Cl)c(=O)[nH]c1=O. The molecule has 0 aromatic carbocycles. The van der Waals surface area contributed by atoms with E-state index >= 15 is 0 Å². The highest BCUT2D eigenvalue weighted by Gasteiger charge is 2.01. The van der Waals surface area contributed by atoms with Crippen LogP contribution < -0.4 is 16.6 Å². The molecule has 15 heavy (non-hydrogen) atoms. The number of aromatic nitrogens is 2. The first kappa shape index (κ1) is 12.0. The molecule has 0 fully saturated rings. The van der Waals surface area contributed by atoms with Gasteiger partial charge in [0.15, 0.2) is 0 Å². The van der Waals surface area contributed by atoms with Gasteiger partial charge >= 0.3 is 5.69 Å². The van der Waals surface area contributed by atoms with Gasteiger partial charge in [-0.25, -0.2) is 4.79 Å². The molecule has 0 aliphatic heterocycles. The third kappa shape index (κ3) is 3.53. The maximum absolute atomic E-state index is 11.3. The van der Waals surface area contributed by atoms with Crippen molar-refractivity contribution in [1.29, 1.82) is 0 Å². The van der Waals surface area contributed by atoms with Crippen molar-refractivity contribution < 1.29 is 0 Å². The highest BCUT2D eigenvalue weighted by Crippen LogP contribution is 1.95. The van der Waals surface area contributed by atoms with E-state index in [0.29, 0.717) is 19.1 Å². The van der Waals surface area contributed by atoms with E-state index in [0.717, 1.165) is 0 Å². The number of rotatable bonds is 4. The fraction of sp³-hybridized carbons (Fsp3) is 0.556. The summed E-state index contributed by atoms with van der Waals surface area (Å²) in [5.74, 6) is 0. The first-order valence-electron chi connectivity index (χ1n) is 4.73. The van der Waals surface area contributed by atoms with Crippen molar-refractivity contribution in [1.82, 2.24) is 14.9 Å². The molecule has 0 spiro atoms. The minimum Gasteiger partial charge on any atom is -0.313 e. The minimum atomic E-state index is -0.547. The Morgan fingerprint density at radius 1 is 1.53 bits per heavy atom. The monoisotopic (exact) mass is 231 g/mol. The number of hydrogen-bond donors (Lipinski definition) is 2. The summed E-state index contributed by atoms with van der Waals surface area (Å²) in [6.45, 7) is 5.17. The molecule has 0 radical (unpaired) electrons. The van der Waals surface area contributed by atoms with Crippen molar-refractivity contribution in [3.05, 3.63) is 32.1 Å². The molecule has 2 N–H and O–H groups in total. The molecular formula is C9H14ClN3O2. The fourth-order valence-electron chi connectivity index (χ4n) is 1.12. The molecule has 0 atom stereocenters. The summed E-state index contributed by atoms with van der Waals surface area (Å²) in [5.41, 5.74) is -0.982. The van der Waals surface area contributed by atoms with E-state index in [9.17, 15) is 9.59 Å². The Morgan fingerprint density at radius 2 is 2.20 bits per heavy atom. The van der Waals surface area contributed by atoms with Gasteiger partial charge in [-0.1, -0.05) is 25.4 Å². The molecule has 0 amide bonds. The van der Waals surface area contributed by atoms with E-state index < -0.39 is 11.2 Å². The Hall–Kier alpha value is -1.07. The van der Waals surface area contributed by atoms with Gasteiger partial charge in [0.1, 0.15) is 5.02 Å². The number of hydrogen-bond acceptors (Lipinski definition) is 3. The zero-order valence-electron chi connectivity index (χ0n) is 8.71. The van der Waals surface area contributed by atoms with Crippen LogP contribution in [-0.4, -0.2) is 22.1 Å². The number of nitrogens with one attached hydrogen (secondary N) is 2. The lowest BCUT2D eigenvalue weighted by molar-refractivity contribution is 0.528. The summed E-state index contributed by atoms with van der Waals surface area (Å²) in [5, 5.41) is 3.19. The van der Waals surface area contributed by atoms with Gasteiger partial charge in [-0.05, 0) is 0 Å². The lowest BCUT2D eigenvalue weighted by atomic mass is 10.4. The van der Waals surface area contributed by atoms with Crippen LogP contribution in [0.2, 0.25) is 5.02 Å². The molecule has 1 heterocycles. The molecular weight excluding hydrogens is 218 g/mol. The maximum Gasteiger partial charge on any atom is 0.328 e. The van der Waals surface area contributed by atoms with Gasteiger partial charge in [0.25, 0.3) is 5.56 Å². The number of halogens is 1. The zero-order valence-corrected chi connectivity index (χ0v) is 9.47. The number of nitrogens with zero attached hydrogens (tertiary/aromatic N) is 1. The summed E-state index contributed by atoms with van der Waals surface area (Å²) in [6.07, 6.45) is 1.35. The van der Waals surface area contributed by atoms with Crippen LogP contribution in [0.4, 0.5) is 0 Å². The molecule has 0 saturated carbocycles. The second-order valence-electron chi connectivity index (χ2n) is 3.54. The van der Waals surface area contributed by atoms with Crippen LogP contribution in [0, 0.1) is 0 Å². The van der Waals surface area contributed by atoms with E-state index in [1.54, 1.807) is 0 Å². The highest BCUT2D eigenvalue weighted by atomic mass is 35.5. The maximum atomic E-state index is 11.3. The van der Waals surface area contributed by atoms with Gasteiger partial charge in [0.05, 0.1) is 0 Å². The van der Waals surface area contributed by atoms with Crippen LogP contribution in [0.25, 0.3) is 0 Å². The Morgan fingerprint density at radius 3 is 2.80 bits per heavy atom. The van der Waals surface area contributed by atoms with Crippen molar-refractivity contribution in [2.45, 2.75) is 26.4 Å². The van der Waals surface area contributed by atoms with Crippen LogP contribution in [0.1, 0.15) is 13.8 Å². The van der Waals surface area contributed by atoms with Gasteiger partial charge < -0.3 is 5.32 Å². The van der Waals surface area contributed by atoms with Crippen molar-refractivity contribution in [2.75, 3.05) is 6.54 Å². The van der Waals surface area contributed by atoms with E-state index in [-0.39, 0.29) is 5.02 Å². The first-order valence-corrected chi connectivity index (χ1v) is 5.11. The Kier molecular flexibility index (Phi) is 4.11. The number of aromatic amines is 1. The zero-order chi connectivity index (χ0) is 11.4. The Balaban J connectivity index is 2.74. The largest absolute Gasteiger partial charge is 0.328 e. The fourth-order valence-corrected chi connectivity index (χ4v) is 1.29. The van der Waals surface area contributed by atoms with Crippen molar-refractivity contribution >= 4 is 11.6 Å². The average molecular weight is 232 g/mol. The molecule has 6 heteroatoms. The predicted molar refractivity (Wildman–Crippen MR) is 59.5 cm³/mol. The van der Waals surface area contributed by atoms with Crippen LogP contribution in [0.15, 0.2) is 15.8 Å². The molecule has 0 saturated heterocycles. The van der Waals surface area contributed by atoms with Gasteiger partial charge in [-0.15, -0.1) is 0 Å². The molecule has 0 unspecified atom stereocenters. The molecule has 0 aliphatic carbocycles. The second-order valence-corrected chi connectivity index (χ2v) is 3.95. The van der Waals surface area contributed by atoms with Gasteiger partial charge in [-0.2, -0.15) is 0 Å². The summed E-state index contributed by atoms with van der Waals surface area (Å²) < 4.78 is 1.37. The molecule has 5 nitrogen and oxygen atoms in total. The van der Waals surface area contributed by atoms with Crippen LogP contribution in [-0.2, 0) is 6.54 Å². The lowest BCUT2D eigenvalue weighted by Gasteiger charge is -2.09. The Labute approximate surface area is 92.1 Å². The Bertz CT molecular complexity index is 436. The van der Waals surface area contributed by atoms with Gasteiger partial charge in [0.2, 0.25) is 0 Å². The topological polar surface area (TPSA) is 66.9 Å².